The van der Waals surface area contributed by atoms with E-state index in [0.717, 1.165) is 32.7 Å². The van der Waals surface area contributed by atoms with Gasteiger partial charge in [-0.05, 0) is 32.8 Å². The second kappa shape index (κ2) is 6.38. The first-order chi connectivity index (χ1) is 7.51. The van der Waals surface area contributed by atoms with Crippen molar-refractivity contribution >= 4 is 0 Å². The van der Waals surface area contributed by atoms with Gasteiger partial charge in [-0.25, -0.2) is 0 Å². The lowest BCUT2D eigenvalue weighted by molar-refractivity contribution is 0.210. The van der Waals surface area contributed by atoms with Gasteiger partial charge in [0, 0.05) is 38.8 Å². The summed E-state index contributed by atoms with van der Waals surface area (Å²) in [6.07, 6.45) is 3.47. The standard InChI is InChI=1S/C13H26N2O/c1-13(2,3)14-7-10-15-8-5-12(6-9-15)11-16-4/h5,14H,6-11H2,1-4H3. The molecule has 0 aromatic heterocycles. The lowest BCUT2D eigenvalue weighted by Crippen LogP contribution is -2.42. The van der Waals surface area contributed by atoms with Gasteiger partial charge in [0.05, 0.1) is 6.61 Å². The number of hydrogen-bond acceptors (Lipinski definition) is 3. The molecular formula is C13H26N2O. The van der Waals surface area contributed by atoms with Crippen LogP contribution in [0.1, 0.15) is 27.2 Å². The van der Waals surface area contributed by atoms with E-state index in [1.54, 1.807) is 7.11 Å². The highest BCUT2D eigenvalue weighted by atomic mass is 16.5. The van der Waals surface area contributed by atoms with E-state index < -0.39 is 0 Å². The number of ether oxygens (including phenoxy) is 1. The summed E-state index contributed by atoms with van der Waals surface area (Å²) in [5.41, 5.74) is 1.68. The Morgan fingerprint density at radius 2 is 2.19 bits per heavy atom. The predicted octanol–water partition coefficient (Wildman–Crippen LogP) is 1.65. The average Bonchev–Trinajstić information content (AvgIpc) is 2.19. The molecule has 0 atom stereocenters. The molecule has 1 aliphatic heterocycles. The Labute approximate surface area is 99.8 Å². The summed E-state index contributed by atoms with van der Waals surface area (Å²) in [5.74, 6) is 0. The van der Waals surface area contributed by atoms with Crippen LogP contribution in [0.2, 0.25) is 0 Å². The van der Waals surface area contributed by atoms with Gasteiger partial charge >= 0.3 is 0 Å². The maximum atomic E-state index is 5.14. The second-order valence-corrected chi connectivity index (χ2v) is 5.52. The molecule has 1 rings (SSSR count). The Morgan fingerprint density at radius 1 is 1.44 bits per heavy atom. The average molecular weight is 226 g/mol. The van der Waals surface area contributed by atoms with E-state index in [1.165, 1.54) is 12.1 Å². The molecule has 16 heavy (non-hydrogen) atoms. The quantitative estimate of drug-likeness (QED) is 0.722. The van der Waals surface area contributed by atoms with Crippen molar-refractivity contribution in [2.75, 3.05) is 39.9 Å². The fourth-order valence-corrected chi connectivity index (χ4v) is 1.86. The Balaban J connectivity index is 2.17. The molecular weight excluding hydrogens is 200 g/mol. The summed E-state index contributed by atoms with van der Waals surface area (Å²) in [4.78, 5) is 2.48. The second-order valence-electron chi connectivity index (χ2n) is 5.52. The fourth-order valence-electron chi connectivity index (χ4n) is 1.86. The molecule has 0 saturated carbocycles. The Morgan fingerprint density at radius 3 is 2.69 bits per heavy atom. The Hall–Kier alpha value is -0.380. The highest BCUT2D eigenvalue weighted by Crippen LogP contribution is 2.10. The third kappa shape index (κ3) is 5.64. The first kappa shape index (κ1) is 13.7. The zero-order chi connectivity index (χ0) is 12.0. The van der Waals surface area contributed by atoms with Crippen molar-refractivity contribution in [3.05, 3.63) is 11.6 Å². The van der Waals surface area contributed by atoms with Crippen molar-refractivity contribution in [1.29, 1.82) is 0 Å². The molecule has 1 heterocycles. The van der Waals surface area contributed by atoms with Crippen molar-refractivity contribution in [3.8, 4) is 0 Å². The molecule has 0 aromatic carbocycles. The Kier molecular flexibility index (Phi) is 5.46. The molecule has 0 saturated heterocycles. The molecule has 1 aliphatic rings. The third-order valence-electron chi connectivity index (χ3n) is 2.80. The maximum Gasteiger partial charge on any atom is 0.0673 e. The first-order valence-corrected chi connectivity index (χ1v) is 6.15. The number of nitrogens with one attached hydrogen (secondary N) is 1. The van der Waals surface area contributed by atoms with Crippen LogP contribution in [0.3, 0.4) is 0 Å². The number of rotatable bonds is 5. The summed E-state index contributed by atoms with van der Waals surface area (Å²) in [6.45, 7) is 11.9. The minimum atomic E-state index is 0.229. The predicted molar refractivity (Wildman–Crippen MR) is 68.8 cm³/mol. The van der Waals surface area contributed by atoms with Crippen molar-refractivity contribution in [2.45, 2.75) is 32.7 Å². The number of nitrogens with zero attached hydrogens (tertiary/aromatic N) is 1. The maximum absolute atomic E-state index is 5.14. The zero-order valence-corrected chi connectivity index (χ0v) is 11.2. The number of methoxy groups -OCH3 is 1. The summed E-state index contributed by atoms with van der Waals surface area (Å²) in [6, 6.07) is 0. The van der Waals surface area contributed by atoms with Crippen LogP contribution in [0.25, 0.3) is 0 Å². The summed E-state index contributed by atoms with van der Waals surface area (Å²) < 4.78 is 5.14. The van der Waals surface area contributed by atoms with Gasteiger partial charge in [0.2, 0.25) is 0 Å². The Bertz CT molecular complexity index is 231. The lowest BCUT2D eigenvalue weighted by atomic mass is 10.1. The van der Waals surface area contributed by atoms with Crippen molar-refractivity contribution in [2.24, 2.45) is 0 Å². The summed E-state index contributed by atoms with van der Waals surface area (Å²) in [7, 11) is 1.76. The van der Waals surface area contributed by atoms with Gasteiger partial charge in [-0.15, -0.1) is 0 Å². The van der Waals surface area contributed by atoms with E-state index in [4.69, 9.17) is 4.74 Å². The van der Waals surface area contributed by atoms with Crippen LogP contribution < -0.4 is 5.32 Å². The van der Waals surface area contributed by atoms with E-state index in [2.05, 4.69) is 37.1 Å². The molecule has 0 spiro atoms. The molecule has 3 nitrogen and oxygen atoms in total. The molecule has 0 amide bonds. The van der Waals surface area contributed by atoms with Crippen LogP contribution >= 0.6 is 0 Å². The van der Waals surface area contributed by atoms with Crippen LogP contribution in [0.4, 0.5) is 0 Å². The summed E-state index contributed by atoms with van der Waals surface area (Å²) >= 11 is 0. The third-order valence-corrected chi connectivity index (χ3v) is 2.80. The van der Waals surface area contributed by atoms with Gasteiger partial charge in [-0.3, -0.25) is 4.90 Å². The van der Waals surface area contributed by atoms with Crippen molar-refractivity contribution in [3.63, 3.8) is 0 Å². The zero-order valence-electron chi connectivity index (χ0n) is 11.2. The topological polar surface area (TPSA) is 24.5 Å². The highest BCUT2D eigenvalue weighted by molar-refractivity contribution is 5.07. The first-order valence-electron chi connectivity index (χ1n) is 6.15. The molecule has 0 bridgehead atoms. The monoisotopic (exact) mass is 226 g/mol. The highest BCUT2D eigenvalue weighted by Gasteiger charge is 2.13. The van der Waals surface area contributed by atoms with Gasteiger partial charge in [0.25, 0.3) is 0 Å². The largest absolute Gasteiger partial charge is 0.380 e. The molecule has 0 aromatic rings. The molecule has 94 valence electrons. The van der Waals surface area contributed by atoms with Gasteiger partial charge < -0.3 is 10.1 Å². The minimum Gasteiger partial charge on any atom is -0.380 e. The van der Waals surface area contributed by atoms with E-state index in [1.807, 2.05) is 0 Å². The van der Waals surface area contributed by atoms with E-state index >= 15 is 0 Å². The van der Waals surface area contributed by atoms with Crippen LogP contribution in [-0.4, -0.2) is 50.3 Å². The van der Waals surface area contributed by atoms with Crippen LogP contribution in [0.15, 0.2) is 11.6 Å². The molecule has 3 heteroatoms. The molecule has 0 aliphatic carbocycles. The van der Waals surface area contributed by atoms with Crippen LogP contribution in [-0.2, 0) is 4.74 Å². The molecule has 0 fully saturated rings. The van der Waals surface area contributed by atoms with Gasteiger partial charge in [0.15, 0.2) is 0 Å². The fraction of sp³-hybridized carbons (Fsp3) is 0.846. The lowest BCUT2D eigenvalue weighted by Gasteiger charge is -2.28. The van der Waals surface area contributed by atoms with Crippen LogP contribution in [0.5, 0.6) is 0 Å². The minimum absolute atomic E-state index is 0.229. The van der Waals surface area contributed by atoms with Gasteiger partial charge in [-0.1, -0.05) is 6.08 Å². The van der Waals surface area contributed by atoms with Crippen molar-refractivity contribution in [1.82, 2.24) is 10.2 Å². The van der Waals surface area contributed by atoms with E-state index in [9.17, 15) is 0 Å². The van der Waals surface area contributed by atoms with Gasteiger partial charge in [0.1, 0.15) is 0 Å². The van der Waals surface area contributed by atoms with Crippen LogP contribution in [0, 0.1) is 0 Å². The van der Waals surface area contributed by atoms with Gasteiger partial charge in [-0.2, -0.15) is 0 Å². The van der Waals surface area contributed by atoms with Crippen molar-refractivity contribution < 1.29 is 4.74 Å². The molecule has 0 radical (unpaired) electrons. The van der Waals surface area contributed by atoms with E-state index in [-0.39, 0.29) is 5.54 Å². The SMILES string of the molecule is COCC1=CCN(CCNC(C)(C)C)CC1. The smallest absolute Gasteiger partial charge is 0.0673 e. The molecule has 1 N–H and O–H groups in total. The molecule has 0 unspecified atom stereocenters. The normalized spacial score (nSPS) is 18.6. The summed E-state index contributed by atoms with van der Waals surface area (Å²) in [5, 5.41) is 3.52. The van der Waals surface area contributed by atoms with E-state index in [0.29, 0.717) is 0 Å². The number of hydrogen-bond donors (Lipinski definition) is 1.